The zero-order valence-corrected chi connectivity index (χ0v) is 15.4. The molecule has 0 bridgehead atoms. The van der Waals surface area contributed by atoms with Crippen molar-refractivity contribution in [2.75, 3.05) is 14.2 Å². The number of hydrogen-bond acceptors (Lipinski definition) is 5. The lowest BCUT2D eigenvalue weighted by Crippen LogP contribution is -2.29. The average Bonchev–Trinajstić information content (AvgIpc) is 2.69. The highest BCUT2D eigenvalue weighted by Crippen LogP contribution is 2.29. The molecule has 7 nitrogen and oxygen atoms in total. The van der Waals surface area contributed by atoms with Gasteiger partial charge in [-0.25, -0.2) is 5.10 Å². The number of hydrogen-bond donors (Lipinski definition) is 2. The third-order valence-corrected chi connectivity index (χ3v) is 4.38. The first-order valence-electron chi connectivity index (χ1n) is 8.51. The molecule has 1 amide bonds. The molecule has 0 saturated carbocycles. The minimum atomic E-state index is -0.295. The van der Waals surface area contributed by atoms with Gasteiger partial charge in [-0.3, -0.25) is 9.59 Å². The Kier molecular flexibility index (Phi) is 5.40. The zero-order valence-electron chi connectivity index (χ0n) is 15.4. The summed E-state index contributed by atoms with van der Waals surface area (Å²) in [5, 5.41) is 10.6. The van der Waals surface area contributed by atoms with Gasteiger partial charge in [0, 0.05) is 10.9 Å². The second kappa shape index (κ2) is 7.90. The first-order chi connectivity index (χ1) is 13.0. The van der Waals surface area contributed by atoms with Crippen molar-refractivity contribution in [2.24, 2.45) is 0 Å². The van der Waals surface area contributed by atoms with Crippen molar-refractivity contribution in [2.45, 2.75) is 19.4 Å². The van der Waals surface area contributed by atoms with Gasteiger partial charge in [-0.15, -0.1) is 0 Å². The summed E-state index contributed by atoms with van der Waals surface area (Å²) in [6.45, 7) is 1.87. The Balaban J connectivity index is 1.81. The normalized spacial score (nSPS) is 11.8. The third kappa shape index (κ3) is 3.92. The lowest BCUT2D eigenvalue weighted by Gasteiger charge is -2.18. The number of amides is 1. The molecule has 0 radical (unpaired) electrons. The number of nitrogens with zero attached hydrogens (tertiary/aromatic N) is 1. The van der Waals surface area contributed by atoms with E-state index in [1.807, 2.05) is 19.1 Å². The topological polar surface area (TPSA) is 93.3 Å². The number of aromatic amines is 1. The second-order valence-corrected chi connectivity index (χ2v) is 6.12. The first kappa shape index (κ1) is 18.4. The van der Waals surface area contributed by atoms with Crippen LogP contribution in [0.2, 0.25) is 0 Å². The number of nitrogens with one attached hydrogen (secondary N) is 2. The van der Waals surface area contributed by atoms with Gasteiger partial charge in [0.05, 0.1) is 37.8 Å². The minimum Gasteiger partial charge on any atom is -0.497 e. The maximum absolute atomic E-state index is 12.6. The summed E-state index contributed by atoms with van der Waals surface area (Å²) in [7, 11) is 3.16. The monoisotopic (exact) mass is 367 g/mol. The van der Waals surface area contributed by atoms with E-state index < -0.39 is 0 Å². The fourth-order valence-corrected chi connectivity index (χ4v) is 3.01. The summed E-state index contributed by atoms with van der Waals surface area (Å²) in [6.07, 6.45) is 0.0495. The molecule has 7 heteroatoms. The van der Waals surface area contributed by atoms with Crippen molar-refractivity contribution in [1.82, 2.24) is 15.5 Å². The van der Waals surface area contributed by atoms with Crippen LogP contribution in [-0.2, 0) is 11.2 Å². The summed E-state index contributed by atoms with van der Waals surface area (Å²) < 4.78 is 10.6. The quantitative estimate of drug-likeness (QED) is 0.698. The Morgan fingerprint density at radius 1 is 1.15 bits per heavy atom. The fraction of sp³-hybridized carbons (Fsp3) is 0.250. The molecule has 0 spiro atoms. The lowest BCUT2D eigenvalue weighted by molar-refractivity contribution is -0.121. The molecular formula is C20H21N3O4. The summed E-state index contributed by atoms with van der Waals surface area (Å²) in [5.74, 6) is 1.13. The summed E-state index contributed by atoms with van der Waals surface area (Å²) in [6, 6.07) is 12.2. The highest BCUT2D eigenvalue weighted by molar-refractivity contribution is 5.88. The van der Waals surface area contributed by atoms with Crippen LogP contribution in [0.3, 0.4) is 0 Å². The molecular weight excluding hydrogens is 346 g/mol. The van der Waals surface area contributed by atoms with Crippen molar-refractivity contribution in [3.05, 3.63) is 64.1 Å². The van der Waals surface area contributed by atoms with Crippen LogP contribution in [0.25, 0.3) is 10.8 Å². The van der Waals surface area contributed by atoms with Gasteiger partial charge in [0.1, 0.15) is 11.5 Å². The van der Waals surface area contributed by atoms with Gasteiger partial charge in [-0.2, -0.15) is 5.10 Å². The van der Waals surface area contributed by atoms with Gasteiger partial charge in [-0.05, 0) is 31.2 Å². The van der Waals surface area contributed by atoms with Crippen LogP contribution in [0, 0.1) is 0 Å². The average molecular weight is 367 g/mol. The molecule has 0 aliphatic heterocycles. The van der Waals surface area contributed by atoms with Gasteiger partial charge >= 0.3 is 0 Å². The number of benzene rings is 2. The van der Waals surface area contributed by atoms with Crippen molar-refractivity contribution in [3.8, 4) is 11.5 Å². The molecule has 0 saturated heterocycles. The summed E-state index contributed by atoms with van der Waals surface area (Å²) in [5.41, 5.74) is 1.06. The maximum Gasteiger partial charge on any atom is 0.272 e. The molecule has 1 aromatic heterocycles. The van der Waals surface area contributed by atoms with Gasteiger partial charge < -0.3 is 14.8 Å². The predicted octanol–water partition coefficient (Wildman–Crippen LogP) is 2.36. The number of fused-ring (bicyclic) bond motifs is 1. The molecule has 0 aliphatic carbocycles. The fourth-order valence-electron chi connectivity index (χ4n) is 3.01. The summed E-state index contributed by atoms with van der Waals surface area (Å²) in [4.78, 5) is 24.4. The third-order valence-electron chi connectivity index (χ3n) is 4.38. The van der Waals surface area contributed by atoms with Crippen molar-refractivity contribution in [1.29, 1.82) is 0 Å². The van der Waals surface area contributed by atoms with Crippen LogP contribution in [0.4, 0.5) is 0 Å². The molecule has 3 aromatic rings. The molecule has 2 N–H and O–H groups in total. The molecule has 0 fully saturated rings. The Morgan fingerprint density at radius 2 is 1.89 bits per heavy atom. The molecule has 140 valence electrons. The zero-order chi connectivity index (χ0) is 19.4. The number of H-pyrrole nitrogens is 1. The Labute approximate surface area is 156 Å². The van der Waals surface area contributed by atoms with Gasteiger partial charge in [0.15, 0.2) is 0 Å². The van der Waals surface area contributed by atoms with Crippen LogP contribution >= 0.6 is 0 Å². The van der Waals surface area contributed by atoms with E-state index in [1.54, 1.807) is 44.6 Å². The number of carbonyl (C=O) groups is 1. The van der Waals surface area contributed by atoms with Crippen LogP contribution in [-0.4, -0.2) is 30.3 Å². The lowest BCUT2D eigenvalue weighted by atomic mass is 10.1. The van der Waals surface area contributed by atoms with E-state index in [4.69, 9.17) is 9.47 Å². The van der Waals surface area contributed by atoms with Crippen LogP contribution in [0.15, 0.2) is 47.3 Å². The molecule has 0 unspecified atom stereocenters. The van der Waals surface area contributed by atoms with Crippen LogP contribution < -0.4 is 20.3 Å². The van der Waals surface area contributed by atoms with E-state index in [9.17, 15) is 9.59 Å². The van der Waals surface area contributed by atoms with E-state index >= 15 is 0 Å². The number of rotatable bonds is 6. The van der Waals surface area contributed by atoms with Crippen molar-refractivity contribution >= 4 is 16.7 Å². The maximum atomic E-state index is 12.6. The molecule has 1 atom stereocenters. The first-order valence-corrected chi connectivity index (χ1v) is 8.51. The van der Waals surface area contributed by atoms with E-state index in [0.29, 0.717) is 28.0 Å². The number of carbonyl (C=O) groups excluding carboxylic acids is 1. The largest absolute Gasteiger partial charge is 0.497 e. The minimum absolute atomic E-state index is 0.0495. The van der Waals surface area contributed by atoms with Crippen molar-refractivity contribution in [3.63, 3.8) is 0 Å². The Hall–Kier alpha value is -3.35. The van der Waals surface area contributed by atoms with E-state index in [1.165, 1.54) is 0 Å². The molecule has 1 heterocycles. The van der Waals surface area contributed by atoms with Crippen LogP contribution in [0.5, 0.6) is 11.5 Å². The van der Waals surface area contributed by atoms with Gasteiger partial charge in [0.2, 0.25) is 5.91 Å². The Morgan fingerprint density at radius 3 is 2.59 bits per heavy atom. The van der Waals surface area contributed by atoms with E-state index in [0.717, 1.165) is 5.56 Å². The number of methoxy groups -OCH3 is 2. The molecule has 27 heavy (non-hydrogen) atoms. The standard InChI is InChI=1S/C20H21N3O4/c1-12(16-10-13(26-2)8-9-18(16)27-3)21-19(24)11-17-14-6-4-5-7-15(14)20(25)23-22-17/h4-10,12H,11H2,1-3H3,(H,21,24)(H,23,25)/t12-/m0/s1. The molecule has 3 rings (SSSR count). The second-order valence-electron chi connectivity index (χ2n) is 6.12. The smallest absolute Gasteiger partial charge is 0.272 e. The highest BCUT2D eigenvalue weighted by Gasteiger charge is 2.17. The number of ether oxygens (including phenoxy) is 2. The number of aromatic nitrogens is 2. The predicted molar refractivity (Wildman–Crippen MR) is 102 cm³/mol. The van der Waals surface area contributed by atoms with Crippen LogP contribution in [0.1, 0.15) is 24.2 Å². The molecule has 2 aromatic carbocycles. The van der Waals surface area contributed by atoms with Gasteiger partial charge in [-0.1, -0.05) is 18.2 Å². The van der Waals surface area contributed by atoms with E-state index in [2.05, 4.69) is 15.5 Å². The van der Waals surface area contributed by atoms with E-state index in [-0.39, 0.29) is 23.9 Å². The Bertz CT molecular complexity index is 1030. The summed E-state index contributed by atoms with van der Waals surface area (Å²) >= 11 is 0. The highest BCUT2D eigenvalue weighted by atomic mass is 16.5. The molecule has 0 aliphatic rings. The SMILES string of the molecule is COc1ccc(OC)c([C@H](C)NC(=O)Cc2n[nH]c(=O)c3ccccc23)c1. The van der Waals surface area contributed by atoms with Gasteiger partial charge in [0.25, 0.3) is 5.56 Å². The van der Waals surface area contributed by atoms with Crippen molar-refractivity contribution < 1.29 is 14.3 Å².